The van der Waals surface area contributed by atoms with E-state index in [1.165, 1.54) is 5.57 Å². The van der Waals surface area contributed by atoms with E-state index in [4.69, 9.17) is 18.0 Å². The molecule has 0 aromatic heterocycles. The zero-order valence-electron chi connectivity index (χ0n) is 10.2. The molecule has 2 fully saturated rings. The van der Waals surface area contributed by atoms with Gasteiger partial charge in [-0.05, 0) is 19.3 Å². The van der Waals surface area contributed by atoms with Crippen LogP contribution < -0.4 is 0 Å². The Morgan fingerprint density at radius 2 is 1.94 bits per heavy atom. The van der Waals surface area contributed by atoms with Crippen molar-refractivity contribution in [1.82, 2.24) is 0 Å². The molecular formula is C11H20O4Si. The number of rotatable bonds is 5. The lowest BCUT2D eigenvalue weighted by molar-refractivity contribution is 0.127. The highest BCUT2D eigenvalue weighted by Gasteiger charge is 2.42. The number of fused-ring (bicyclic) bond motifs is 1. The number of epoxide rings is 1. The molecule has 0 aromatic rings. The lowest BCUT2D eigenvalue weighted by Gasteiger charge is -2.23. The molecule has 1 heterocycles. The van der Waals surface area contributed by atoms with Crippen LogP contribution in [0.4, 0.5) is 0 Å². The number of hydrogen-bond donors (Lipinski definition) is 0. The van der Waals surface area contributed by atoms with E-state index in [-0.39, 0.29) is 0 Å². The standard InChI is InChI=1S/C11H20O4Si/c1-12-16(13-2,14-3)7-6-9-4-5-10-11(8-9)15-10/h6,10-11H,4-5,7-8H2,1-3H3. The minimum atomic E-state index is -2.43. The highest BCUT2D eigenvalue weighted by atomic mass is 28.4. The quantitative estimate of drug-likeness (QED) is 0.419. The highest BCUT2D eigenvalue weighted by molar-refractivity contribution is 6.61. The van der Waals surface area contributed by atoms with Crippen LogP contribution >= 0.6 is 0 Å². The molecule has 2 aliphatic rings. The van der Waals surface area contributed by atoms with Gasteiger partial charge < -0.3 is 18.0 Å². The molecule has 0 aromatic carbocycles. The summed E-state index contributed by atoms with van der Waals surface area (Å²) in [5.74, 6) is 0. The first-order valence-electron chi connectivity index (χ1n) is 5.72. The summed E-state index contributed by atoms with van der Waals surface area (Å²) in [7, 11) is 2.53. The van der Waals surface area contributed by atoms with Gasteiger partial charge in [0, 0.05) is 27.4 Å². The second-order valence-corrected chi connectivity index (χ2v) is 7.32. The molecular weight excluding hydrogens is 224 g/mol. The lowest BCUT2D eigenvalue weighted by Crippen LogP contribution is -2.42. The van der Waals surface area contributed by atoms with Crippen molar-refractivity contribution < 1.29 is 18.0 Å². The van der Waals surface area contributed by atoms with Crippen LogP contribution in [0.2, 0.25) is 6.04 Å². The number of allylic oxidation sites excluding steroid dienone is 1. The van der Waals surface area contributed by atoms with Crippen LogP contribution in [-0.4, -0.2) is 42.3 Å². The molecule has 2 atom stereocenters. The van der Waals surface area contributed by atoms with Crippen LogP contribution in [0.25, 0.3) is 0 Å². The maximum Gasteiger partial charge on any atom is 0.504 e. The van der Waals surface area contributed by atoms with Crippen LogP contribution in [0.15, 0.2) is 11.6 Å². The molecule has 5 heteroatoms. The third-order valence-electron chi connectivity index (χ3n) is 3.47. The Kier molecular flexibility index (Phi) is 3.81. The van der Waals surface area contributed by atoms with Gasteiger partial charge in [-0.3, -0.25) is 0 Å². The van der Waals surface area contributed by atoms with Gasteiger partial charge in [0.15, 0.2) is 0 Å². The van der Waals surface area contributed by atoms with E-state index in [9.17, 15) is 0 Å². The Bertz CT molecular complexity index is 267. The minimum absolute atomic E-state index is 0.490. The van der Waals surface area contributed by atoms with E-state index < -0.39 is 8.80 Å². The average molecular weight is 244 g/mol. The molecule has 0 radical (unpaired) electrons. The maximum atomic E-state index is 5.50. The van der Waals surface area contributed by atoms with Gasteiger partial charge in [0.25, 0.3) is 0 Å². The summed E-state index contributed by atoms with van der Waals surface area (Å²) in [5, 5.41) is 0. The fraction of sp³-hybridized carbons (Fsp3) is 0.818. The molecule has 1 aliphatic heterocycles. The van der Waals surface area contributed by atoms with Crippen LogP contribution in [0.3, 0.4) is 0 Å². The summed E-state index contributed by atoms with van der Waals surface area (Å²) in [4.78, 5) is 0. The van der Waals surface area contributed by atoms with Crippen molar-refractivity contribution in [2.24, 2.45) is 0 Å². The molecule has 1 saturated carbocycles. The van der Waals surface area contributed by atoms with E-state index in [0.29, 0.717) is 12.2 Å². The van der Waals surface area contributed by atoms with E-state index in [1.807, 2.05) is 0 Å². The summed E-state index contributed by atoms with van der Waals surface area (Å²) in [6.45, 7) is 0. The van der Waals surface area contributed by atoms with Crippen molar-refractivity contribution in [3.8, 4) is 0 Å². The van der Waals surface area contributed by atoms with Crippen LogP contribution in [0.5, 0.6) is 0 Å². The summed E-state index contributed by atoms with van der Waals surface area (Å²) < 4.78 is 21.6. The molecule has 0 spiro atoms. The smallest absolute Gasteiger partial charge is 0.377 e. The van der Waals surface area contributed by atoms with E-state index in [0.717, 1.165) is 25.3 Å². The average Bonchev–Trinajstić information content (AvgIpc) is 3.10. The van der Waals surface area contributed by atoms with Gasteiger partial charge in [0.2, 0.25) is 0 Å². The van der Waals surface area contributed by atoms with Crippen LogP contribution in [0.1, 0.15) is 19.3 Å². The molecule has 1 aliphatic carbocycles. The molecule has 0 bridgehead atoms. The Balaban J connectivity index is 1.90. The fourth-order valence-corrected chi connectivity index (χ4v) is 3.79. The molecule has 2 rings (SSSR count). The molecule has 0 amide bonds. The largest absolute Gasteiger partial charge is 0.504 e. The van der Waals surface area contributed by atoms with Gasteiger partial charge in [0.1, 0.15) is 0 Å². The van der Waals surface area contributed by atoms with Crippen molar-refractivity contribution in [1.29, 1.82) is 0 Å². The van der Waals surface area contributed by atoms with Crippen molar-refractivity contribution >= 4 is 8.80 Å². The third-order valence-corrected chi connectivity index (χ3v) is 6.04. The molecule has 0 N–H and O–H groups in total. The molecule has 1 saturated heterocycles. The SMILES string of the molecule is CO[Si](CC=C1CCC2OC2C1)(OC)OC. The van der Waals surface area contributed by atoms with Crippen molar-refractivity contribution in [2.45, 2.75) is 37.5 Å². The van der Waals surface area contributed by atoms with Gasteiger partial charge in [0.05, 0.1) is 12.2 Å². The molecule has 16 heavy (non-hydrogen) atoms. The Labute approximate surface area is 97.9 Å². The number of hydrogen-bond acceptors (Lipinski definition) is 4. The highest BCUT2D eigenvalue weighted by Crippen LogP contribution is 2.39. The van der Waals surface area contributed by atoms with Crippen molar-refractivity contribution in [2.75, 3.05) is 21.3 Å². The van der Waals surface area contributed by atoms with Crippen molar-refractivity contribution in [3.63, 3.8) is 0 Å². The number of ether oxygens (including phenoxy) is 1. The Hall–Kier alpha value is -0.203. The predicted octanol–water partition coefficient (Wildman–Crippen LogP) is 1.74. The third kappa shape index (κ3) is 2.54. The monoisotopic (exact) mass is 244 g/mol. The normalized spacial score (nSPS) is 31.6. The molecule has 2 unspecified atom stereocenters. The predicted molar refractivity (Wildman–Crippen MR) is 62.2 cm³/mol. The summed E-state index contributed by atoms with van der Waals surface area (Å²) >= 11 is 0. The fourth-order valence-electron chi connectivity index (χ4n) is 2.26. The molecule has 92 valence electrons. The van der Waals surface area contributed by atoms with Gasteiger partial charge in [-0.15, -0.1) is 0 Å². The first kappa shape index (κ1) is 12.3. The Morgan fingerprint density at radius 1 is 1.25 bits per heavy atom. The first-order valence-corrected chi connectivity index (χ1v) is 7.65. The first-order chi connectivity index (χ1) is 7.73. The maximum absolute atomic E-state index is 5.50. The topological polar surface area (TPSA) is 40.2 Å². The summed E-state index contributed by atoms with van der Waals surface area (Å²) in [6, 6.07) is 0.753. The minimum Gasteiger partial charge on any atom is -0.377 e. The summed E-state index contributed by atoms with van der Waals surface area (Å²) in [5.41, 5.74) is 1.46. The van der Waals surface area contributed by atoms with Crippen molar-refractivity contribution in [3.05, 3.63) is 11.6 Å². The van der Waals surface area contributed by atoms with Crippen LogP contribution in [-0.2, 0) is 18.0 Å². The van der Waals surface area contributed by atoms with Gasteiger partial charge in [-0.2, -0.15) is 0 Å². The van der Waals surface area contributed by atoms with E-state index >= 15 is 0 Å². The Morgan fingerprint density at radius 3 is 2.50 bits per heavy atom. The van der Waals surface area contributed by atoms with Gasteiger partial charge >= 0.3 is 8.80 Å². The van der Waals surface area contributed by atoms with Gasteiger partial charge in [-0.25, -0.2) is 0 Å². The van der Waals surface area contributed by atoms with Crippen LogP contribution in [0, 0.1) is 0 Å². The van der Waals surface area contributed by atoms with E-state index in [2.05, 4.69) is 6.08 Å². The zero-order valence-corrected chi connectivity index (χ0v) is 11.2. The van der Waals surface area contributed by atoms with E-state index in [1.54, 1.807) is 21.3 Å². The van der Waals surface area contributed by atoms with Gasteiger partial charge in [-0.1, -0.05) is 11.6 Å². The second-order valence-electron chi connectivity index (χ2n) is 4.32. The second kappa shape index (κ2) is 4.97. The lowest BCUT2D eigenvalue weighted by atomic mass is 9.95. The molecule has 4 nitrogen and oxygen atoms in total. The summed E-state index contributed by atoms with van der Waals surface area (Å²) in [6.07, 6.45) is 6.64. The zero-order chi connectivity index (χ0) is 11.6.